The van der Waals surface area contributed by atoms with Gasteiger partial charge in [-0.2, -0.15) is 0 Å². The van der Waals surface area contributed by atoms with Gasteiger partial charge >= 0.3 is 0 Å². The molecule has 0 rings (SSSR count). The van der Waals surface area contributed by atoms with Crippen LogP contribution in [0, 0.1) is 0 Å². The number of hydrogen-bond donors (Lipinski definition) is 0. The zero-order valence-corrected chi connectivity index (χ0v) is 12.5. The Morgan fingerprint density at radius 1 is 1.20 bits per heavy atom. The number of hydrogen-bond acceptors (Lipinski definition) is 1. The van der Waals surface area contributed by atoms with Crippen molar-refractivity contribution in [2.24, 2.45) is 0 Å². The molecule has 0 bridgehead atoms. The molecule has 0 aliphatic carbocycles. The van der Waals surface area contributed by atoms with Crippen LogP contribution in [-0.2, 0) is 0 Å². The Morgan fingerprint density at radius 2 is 1.60 bits per heavy atom. The van der Waals surface area contributed by atoms with Gasteiger partial charge in [-0.05, 0) is 34.7 Å². The molecule has 0 aromatic carbocycles. The van der Waals surface area contributed by atoms with Crippen molar-refractivity contribution in [3.05, 3.63) is 0 Å². The minimum atomic E-state index is -1.07. The maximum Gasteiger partial charge on any atom is 0.124 e. The van der Waals surface area contributed by atoms with Crippen molar-refractivity contribution in [1.82, 2.24) is 4.90 Å². The molecule has 0 aliphatic rings. The number of halogens is 1. The average molecular weight is 236 g/mol. The summed E-state index contributed by atoms with van der Waals surface area (Å²) in [6.07, 6.45) is 0.638. The van der Waals surface area contributed by atoms with Crippen LogP contribution in [0.1, 0.15) is 34.1 Å². The van der Waals surface area contributed by atoms with Crippen LogP contribution in [0.5, 0.6) is 0 Å². The van der Waals surface area contributed by atoms with Gasteiger partial charge in [-0.15, -0.1) is 0 Å². The summed E-state index contributed by atoms with van der Waals surface area (Å²) >= 11 is 0. The van der Waals surface area contributed by atoms with E-state index in [4.69, 9.17) is 0 Å². The highest BCUT2D eigenvalue weighted by Gasteiger charge is 2.39. The number of alkyl halides is 1. The summed E-state index contributed by atoms with van der Waals surface area (Å²) < 4.78 is 13.8. The molecule has 0 spiro atoms. The van der Waals surface area contributed by atoms with Crippen molar-refractivity contribution in [2.45, 2.75) is 51.6 Å². The first-order chi connectivity index (χ1) is 6.45. The van der Waals surface area contributed by atoms with Gasteiger partial charge in [0.1, 0.15) is 11.5 Å². The standard InChI is InChI=1S/C12H28FNP/c1-10(2)14(5)11(15(6,7)8)9-12(3,4)13/h10-11H,9H2,1-8H3/q+1. The minimum Gasteiger partial charge on any atom is -0.270 e. The number of nitrogens with zero attached hydrogens (tertiary/aromatic N) is 1. The second-order valence-electron chi connectivity index (χ2n) is 6.28. The van der Waals surface area contributed by atoms with Crippen molar-refractivity contribution in [3.8, 4) is 0 Å². The van der Waals surface area contributed by atoms with Gasteiger partial charge in [-0.25, -0.2) is 4.39 Å². The molecular weight excluding hydrogens is 208 g/mol. The fourth-order valence-electron chi connectivity index (χ4n) is 1.74. The molecule has 92 valence electrons. The molecule has 1 unspecified atom stereocenters. The second kappa shape index (κ2) is 5.10. The lowest BCUT2D eigenvalue weighted by Crippen LogP contribution is -2.41. The molecule has 0 aromatic rings. The Bertz CT molecular complexity index is 191. The summed E-state index contributed by atoms with van der Waals surface area (Å²) in [5.41, 5.74) is -1.07. The Balaban J connectivity index is 4.76. The summed E-state index contributed by atoms with van der Waals surface area (Å²) in [4.78, 5) is 2.33. The van der Waals surface area contributed by atoms with Crippen LogP contribution in [0.4, 0.5) is 4.39 Å². The first kappa shape index (κ1) is 15.3. The molecule has 0 N–H and O–H groups in total. The fraction of sp³-hybridized carbons (Fsp3) is 1.00. The predicted octanol–water partition coefficient (Wildman–Crippen LogP) is 3.70. The monoisotopic (exact) mass is 236 g/mol. The van der Waals surface area contributed by atoms with Gasteiger partial charge in [-0.1, -0.05) is 0 Å². The third-order valence-electron chi connectivity index (χ3n) is 2.85. The van der Waals surface area contributed by atoms with E-state index >= 15 is 0 Å². The fourth-order valence-corrected chi connectivity index (χ4v) is 4.08. The van der Waals surface area contributed by atoms with E-state index in [0.29, 0.717) is 18.2 Å². The van der Waals surface area contributed by atoms with Crippen LogP contribution >= 0.6 is 7.26 Å². The van der Waals surface area contributed by atoms with E-state index < -0.39 is 12.9 Å². The van der Waals surface area contributed by atoms with E-state index in [1.807, 2.05) is 0 Å². The third kappa shape index (κ3) is 5.82. The molecule has 3 heteroatoms. The molecule has 15 heavy (non-hydrogen) atoms. The van der Waals surface area contributed by atoms with Crippen molar-refractivity contribution in [3.63, 3.8) is 0 Å². The van der Waals surface area contributed by atoms with E-state index in [2.05, 4.69) is 45.8 Å². The molecule has 0 fully saturated rings. The van der Waals surface area contributed by atoms with Crippen LogP contribution in [0.3, 0.4) is 0 Å². The molecule has 0 heterocycles. The van der Waals surface area contributed by atoms with Gasteiger partial charge in [0.05, 0.1) is 0 Å². The SMILES string of the molecule is CC(C)N(C)C(CC(C)(C)F)[P+](C)(C)C. The van der Waals surface area contributed by atoms with Gasteiger partial charge < -0.3 is 0 Å². The van der Waals surface area contributed by atoms with E-state index in [0.717, 1.165) is 0 Å². The summed E-state index contributed by atoms with van der Waals surface area (Å²) in [5.74, 6) is 0.387. The topological polar surface area (TPSA) is 3.24 Å². The van der Waals surface area contributed by atoms with Gasteiger partial charge in [0.25, 0.3) is 0 Å². The molecule has 1 atom stereocenters. The largest absolute Gasteiger partial charge is 0.270 e. The minimum absolute atomic E-state index is 0.387. The smallest absolute Gasteiger partial charge is 0.124 e. The zero-order chi connectivity index (χ0) is 12.4. The molecule has 0 radical (unpaired) electrons. The van der Waals surface area contributed by atoms with Crippen molar-refractivity contribution >= 4 is 7.26 Å². The van der Waals surface area contributed by atoms with Gasteiger partial charge in [0.15, 0.2) is 0 Å². The zero-order valence-electron chi connectivity index (χ0n) is 11.6. The third-order valence-corrected chi connectivity index (χ3v) is 5.18. The van der Waals surface area contributed by atoms with Crippen LogP contribution in [-0.4, -0.2) is 49.4 Å². The first-order valence-electron chi connectivity index (χ1n) is 5.67. The lowest BCUT2D eigenvalue weighted by molar-refractivity contribution is 0.144. The van der Waals surface area contributed by atoms with Crippen LogP contribution in [0.2, 0.25) is 0 Å². The van der Waals surface area contributed by atoms with Crippen molar-refractivity contribution in [1.29, 1.82) is 0 Å². The highest BCUT2D eigenvalue weighted by Crippen LogP contribution is 2.56. The first-order valence-corrected chi connectivity index (χ1v) is 8.87. The highest BCUT2D eigenvalue weighted by atomic mass is 31.2. The van der Waals surface area contributed by atoms with E-state index in [-0.39, 0.29) is 0 Å². The molecule has 0 aliphatic heterocycles. The van der Waals surface area contributed by atoms with E-state index in [1.54, 1.807) is 13.8 Å². The van der Waals surface area contributed by atoms with E-state index in [9.17, 15) is 4.39 Å². The normalized spacial score (nSPS) is 16.2. The molecule has 1 nitrogen and oxygen atoms in total. The number of rotatable bonds is 5. The quantitative estimate of drug-likeness (QED) is 0.658. The average Bonchev–Trinajstić information content (AvgIpc) is 1.94. The molecule has 0 amide bonds. The van der Waals surface area contributed by atoms with Crippen LogP contribution in [0.15, 0.2) is 0 Å². The van der Waals surface area contributed by atoms with Gasteiger partial charge in [-0.3, -0.25) is 4.90 Å². The molecule has 0 saturated carbocycles. The summed E-state index contributed by atoms with van der Waals surface area (Å²) in [6, 6.07) is 0.483. The van der Waals surface area contributed by atoms with Crippen LogP contribution in [0.25, 0.3) is 0 Å². The highest BCUT2D eigenvalue weighted by molar-refractivity contribution is 7.74. The predicted molar refractivity (Wildman–Crippen MR) is 71.2 cm³/mol. The van der Waals surface area contributed by atoms with Crippen molar-refractivity contribution in [2.75, 3.05) is 27.0 Å². The van der Waals surface area contributed by atoms with E-state index in [1.165, 1.54) is 0 Å². The second-order valence-corrected chi connectivity index (χ2v) is 11.1. The van der Waals surface area contributed by atoms with Crippen LogP contribution < -0.4 is 0 Å². The Morgan fingerprint density at radius 3 is 1.80 bits per heavy atom. The maximum absolute atomic E-state index is 13.8. The lowest BCUT2D eigenvalue weighted by Gasteiger charge is -2.37. The molecule has 0 aromatic heterocycles. The summed E-state index contributed by atoms with van der Waals surface area (Å²) in [6.45, 7) is 14.6. The Hall–Kier alpha value is 0.320. The Kier molecular flexibility index (Phi) is 5.21. The maximum atomic E-state index is 13.8. The summed E-state index contributed by atoms with van der Waals surface area (Å²) in [7, 11) is 1.07. The Labute approximate surface area is 95.8 Å². The molecular formula is C12H28FNP+. The molecule has 0 saturated heterocycles. The lowest BCUT2D eigenvalue weighted by atomic mass is 10.1. The van der Waals surface area contributed by atoms with Gasteiger partial charge in [0, 0.05) is 39.7 Å². The van der Waals surface area contributed by atoms with Crippen molar-refractivity contribution < 1.29 is 4.39 Å². The van der Waals surface area contributed by atoms with Gasteiger partial charge in [0.2, 0.25) is 0 Å². The summed E-state index contributed by atoms with van der Waals surface area (Å²) in [5, 5.41) is 0.